The third kappa shape index (κ3) is 3.06. The zero-order valence-corrected chi connectivity index (χ0v) is 11.1. The maximum absolute atomic E-state index is 12.0. The van der Waals surface area contributed by atoms with Crippen molar-refractivity contribution in [3.63, 3.8) is 0 Å². The van der Waals surface area contributed by atoms with Crippen LogP contribution in [0.1, 0.15) is 23.7 Å². The lowest BCUT2D eigenvalue weighted by molar-refractivity contribution is 0.0824. The minimum Gasteiger partial charge on any atom is -0.345 e. The van der Waals surface area contributed by atoms with Crippen LogP contribution >= 0.6 is 0 Å². The lowest BCUT2D eigenvalue weighted by Gasteiger charge is -2.13. The molecule has 0 fully saturated rings. The lowest BCUT2D eigenvalue weighted by Crippen LogP contribution is -2.24. The van der Waals surface area contributed by atoms with Crippen LogP contribution in [0.2, 0.25) is 0 Å². The summed E-state index contributed by atoms with van der Waals surface area (Å²) >= 11 is 0. The Morgan fingerprint density at radius 3 is 2.35 bits per heavy atom. The van der Waals surface area contributed by atoms with Gasteiger partial charge in [0, 0.05) is 14.1 Å². The van der Waals surface area contributed by atoms with Gasteiger partial charge in [-0.15, -0.1) is 0 Å². The lowest BCUT2D eigenvalue weighted by atomic mass is 10.2. The normalized spacial score (nSPS) is 11.2. The molecule has 0 saturated heterocycles. The van der Waals surface area contributed by atoms with Crippen molar-refractivity contribution in [1.29, 1.82) is 0 Å². The number of benzene rings is 1. The number of carbonyl (C=O) groups is 1. The van der Waals surface area contributed by atoms with E-state index in [0.29, 0.717) is 6.42 Å². The van der Waals surface area contributed by atoms with Gasteiger partial charge in [-0.3, -0.25) is 4.79 Å². The summed E-state index contributed by atoms with van der Waals surface area (Å²) in [7, 11) is -0.162. The minimum atomic E-state index is -3.37. The predicted octanol–water partition coefficient (Wildman–Crippen LogP) is 1.57. The molecule has 1 amide bonds. The summed E-state index contributed by atoms with van der Waals surface area (Å²) in [6.07, 6.45) is 0.535. The molecule has 0 heterocycles. The van der Waals surface area contributed by atoms with Gasteiger partial charge in [-0.25, -0.2) is 8.42 Å². The largest absolute Gasteiger partial charge is 0.345 e. The first-order valence-electron chi connectivity index (χ1n) is 5.43. The molecular formula is C12H17NO3S. The van der Waals surface area contributed by atoms with E-state index in [-0.39, 0.29) is 22.1 Å². The maximum Gasteiger partial charge on any atom is 0.254 e. The number of amides is 1. The molecule has 0 aliphatic heterocycles. The van der Waals surface area contributed by atoms with Crippen molar-refractivity contribution in [3.8, 4) is 0 Å². The van der Waals surface area contributed by atoms with Crippen LogP contribution in [0.3, 0.4) is 0 Å². The molecule has 17 heavy (non-hydrogen) atoms. The van der Waals surface area contributed by atoms with Crippen LogP contribution in [0.5, 0.6) is 0 Å². The highest BCUT2D eigenvalue weighted by atomic mass is 32.2. The van der Waals surface area contributed by atoms with Gasteiger partial charge in [0.25, 0.3) is 5.91 Å². The van der Waals surface area contributed by atoms with E-state index in [9.17, 15) is 13.2 Å². The monoisotopic (exact) mass is 255 g/mol. The van der Waals surface area contributed by atoms with Crippen LogP contribution < -0.4 is 0 Å². The van der Waals surface area contributed by atoms with E-state index >= 15 is 0 Å². The number of hydrogen-bond acceptors (Lipinski definition) is 3. The molecule has 0 atom stereocenters. The number of rotatable bonds is 4. The van der Waals surface area contributed by atoms with E-state index in [1.54, 1.807) is 39.2 Å². The number of carbonyl (C=O) groups excluding carboxylic acids is 1. The van der Waals surface area contributed by atoms with Crippen LogP contribution in [0.25, 0.3) is 0 Å². The Bertz CT molecular complexity index is 506. The second-order valence-corrected chi connectivity index (χ2v) is 6.09. The van der Waals surface area contributed by atoms with E-state index in [0.717, 1.165) is 0 Å². The van der Waals surface area contributed by atoms with Gasteiger partial charge < -0.3 is 4.90 Å². The Balaban J connectivity index is 3.31. The first-order chi connectivity index (χ1) is 7.90. The molecule has 1 aromatic rings. The first-order valence-corrected chi connectivity index (χ1v) is 7.09. The molecule has 0 aliphatic rings. The van der Waals surface area contributed by atoms with Gasteiger partial charge in [-0.05, 0) is 18.6 Å². The fraction of sp³-hybridized carbons (Fsp3) is 0.417. The molecule has 0 spiro atoms. The van der Waals surface area contributed by atoms with Crippen LogP contribution in [0.4, 0.5) is 0 Å². The van der Waals surface area contributed by atoms with Crippen molar-refractivity contribution >= 4 is 15.7 Å². The molecule has 0 unspecified atom stereocenters. The van der Waals surface area contributed by atoms with Crippen molar-refractivity contribution < 1.29 is 13.2 Å². The average molecular weight is 255 g/mol. The Kier molecular flexibility index (Phi) is 4.28. The SMILES string of the molecule is CCCS(=O)(=O)c1ccccc1C(=O)N(C)C. The topological polar surface area (TPSA) is 54.5 Å². The van der Waals surface area contributed by atoms with Gasteiger partial charge in [0.05, 0.1) is 16.2 Å². The number of sulfone groups is 1. The van der Waals surface area contributed by atoms with Crippen LogP contribution in [-0.4, -0.2) is 39.1 Å². The van der Waals surface area contributed by atoms with Gasteiger partial charge in [0.15, 0.2) is 9.84 Å². The standard InChI is InChI=1S/C12H17NO3S/c1-4-9-17(15,16)11-8-6-5-7-10(11)12(14)13(2)3/h5-8H,4,9H2,1-3H3. The molecule has 94 valence electrons. The van der Waals surface area contributed by atoms with Crippen LogP contribution in [-0.2, 0) is 9.84 Å². The first kappa shape index (κ1) is 13.7. The molecule has 1 aromatic carbocycles. The van der Waals surface area contributed by atoms with Gasteiger partial charge in [0.1, 0.15) is 0 Å². The summed E-state index contributed by atoms with van der Waals surface area (Å²) in [6.45, 7) is 1.80. The minimum absolute atomic E-state index is 0.0602. The Morgan fingerprint density at radius 1 is 1.24 bits per heavy atom. The van der Waals surface area contributed by atoms with E-state index in [1.165, 1.54) is 11.0 Å². The molecule has 4 nitrogen and oxygen atoms in total. The summed E-state index contributed by atoms with van der Waals surface area (Å²) in [4.78, 5) is 13.4. The van der Waals surface area contributed by atoms with Crippen molar-refractivity contribution in [1.82, 2.24) is 4.90 Å². The number of hydrogen-bond donors (Lipinski definition) is 0. The molecule has 0 bridgehead atoms. The van der Waals surface area contributed by atoms with E-state index in [4.69, 9.17) is 0 Å². The van der Waals surface area contributed by atoms with Crippen molar-refractivity contribution in [2.75, 3.05) is 19.8 Å². The molecule has 0 radical (unpaired) electrons. The highest BCUT2D eigenvalue weighted by Crippen LogP contribution is 2.18. The van der Waals surface area contributed by atoms with Gasteiger partial charge in [-0.2, -0.15) is 0 Å². The molecule has 0 aromatic heterocycles. The smallest absolute Gasteiger partial charge is 0.254 e. The zero-order valence-electron chi connectivity index (χ0n) is 10.3. The molecule has 0 saturated carbocycles. The van der Waals surface area contributed by atoms with Crippen molar-refractivity contribution in [2.45, 2.75) is 18.2 Å². The average Bonchev–Trinajstić information content (AvgIpc) is 2.28. The van der Waals surface area contributed by atoms with Crippen LogP contribution in [0, 0.1) is 0 Å². The molecule has 5 heteroatoms. The predicted molar refractivity (Wildman–Crippen MR) is 66.8 cm³/mol. The fourth-order valence-electron chi connectivity index (χ4n) is 1.53. The summed E-state index contributed by atoms with van der Waals surface area (Å²) in [6, 6.07) is 6.34. The highest BCUT2D eigenvalue weighted by Gasteiger charge is 2.21. The Labute approximate surface area is 102 Å². The van der Waals surface area contributed by atoms with Crippen LogP contribution in [0.15, 0.2) is 29.2 Å². The van der Waals surface area contributed by atoms with Gasteiger partial charge >= 0.3 is 0 Å². The third-order valence-corrected chi connectivity index (χ3v) is 4.30. The fourth-order valence-corrected chi connectivity index (χ4v) is 3.07. The summed E-state index contributed by atoms with van der Waals surface area (Å²) < 4.78 is 24.0. The van der Waals surface area contributed by atoms with Gasteiger partial charge in [-0.1, -0.05) is 19.1 Å². The second-order valence-electron chi connectivity index (χ2n) is 4.01. The van der Waals surface area contributed by atoms with Crippen molar-refractivity contribution in [2.24, 2.45) is 0 Å². The molecule has 0 aliphatic carbocycles. The van der Waals surface area contributed by atoms with Crippen molar-refractivity contribution in [3.05, 3.63) is 29.8 Å². The Hall–Kier alpha value is -1.36. The third-order valence-electron chi connectivity index (χ3n) is 2.33. The second kappa shape index (κ2) is 5.31. The van der Waals surface area contributed by atoms with E-state index < -0.39 is 9.84 Å². The molecule has 0 N–H and O–H groups in total. The van der Waals surface area contributed by atoms with E-state index in [1.807, 2.05) is 0 Å². The summed E-state index contributed by atoms with van der Waals surface area (Å²) in [5.74, 6) is -0.231. The molecular weight excluding hydrogens is 238 g/mol. The van der Waals surface area contributed by atoms with Gasteiger partial charge in [0.2, 0.25) is 0 Å². The summed E-state index contributed by atoms with van der Waals surface area (Å²) in [5, 5.41) is 0. The quantitative estimate of drug-likeness (QED) is 0.820. The zero-order chi connectivity index (χ0) is 13.1. The highest BCUT2D eigenvalue weighted by molar-refractivity contribution is 7.91. The molecule has 1 rings (SSSR count). The maximum atomic E-state index is 12.0. The van der Waals surface area contributed by atoms with E-state index in [2.05, 4.69) is 0 Å². The Morgan fingerprint density at radius 2 is 1.82 bits per heavy atom. The summed E-state index contributed by atoms with van der Waals surface area (Å²) in [5.41, 5.74) is 0.242. The number of nitrogens with zero attached hydrogens (tertiary/aromatic N) is 1.